The summed E-state index contributed by atoms with van der Waals surface area (Å²) in [6.45, 7) is 8.99. The van der Waals surface area contributed by atoms with E-state index in [-0.39, 0.29) is 5.41 Å². The first-order chi connectivity index (χ1) is 16.9. The Morgan fingerprint density at radius 1 is 0.543 bits per heavy atom. The lowest BCUT2D eigenvalue weighted by Gasteiger charge is -2.20. The predicted molar refractivity (Wildman–Crippen MR) is 143 cm³/mol. The van der Waals surface area contributed by atoms with E-state index in [0.717, 1.165) is 0 Å². The van der Waals surface area contributed by atoms with Crippen molar-refractivity contribution in [2.75, 3.05) is 0 Å². The first-order valence-corrected chi connectivity index (χ1v) is 12.3. The van der Waals surface area contributed by atoms with Gasteiger partial charge in [0, 0.05) is 35.4 Å². The number of hydrogen-bond donors (Lipinski definition) is 0. The molecule has 1 aliphatic rings. The number of rotatable bonds is 1. The van der Waals surface area contributed by atoms with E-state index < -0.39 is 0 Å². The molecule has 6 rings (SSSR count). The standard InChI is InChI=1S/C33H30N2/c1-23-14-17-31-28-20-25(24-10-6-5-7-11-24)15-18-32(28)35-22-26(33(2,3)4)16-19-30(35)27-12-8-9-13-29(27)34(31)21-23/h5-22H,1-4H3/q+2. The second-order valence-electron chi connectivity index (χ2n) is 10.5. The Kier molecular flexibility index (Phi) is 4.93. The van der Waals surface area contributed by atoms with Crippen LogP contribution in [0, 0.1) is 6.92 Å². The quantitative estimate of drug-likeness (QED) is 0.233. The number of nitrogens with zero attached hydrogens (tertiary/aromatic N) is 2. The molecule has 3 aromatic carbocycles. The summed E-state index contributed by atoms with van der Waals surface area (Å²) < 4.78 is 4.76. The number of hydrogen-bond acceptors (Lipinski definition) is 0. The molecule has 35 heavy (non-hydrogen) atoms. The van der Waals surface area contributed by atoms with Gasteiger partial charge in [-0.1, -0.05) is 63.2 Å². The summed E-state index contributed by atoms with van der Waals surface area (Å²) in [6.07, 6.45) is 4.59. The molecule has 0 amide bonds. The molecule has 0 radical (unpaired) electrons. The maximum Gasteiger partial charge on any atom is 0.225 e. The molecule has 0 saturated heterocycles. The van der Waals surface area contributed by atoms with Crippen molar-refractivity contribution >= 4 is 0 Å². The average Bonchev–Trinajstić information content (AvgIpc) is 2.87. The van der Waals surface area contributed by atoms with Gasteiger partial charge < -0.3 is 0 Å². The van der Waals surface area contributed by atoms with Crippen molar-refractivity contribution in [2.45, 2.75) is 33.1 Å². The van der Waals surface area contributed by atoms with Gasteiger partial charge in [-0.15, -0.1) is 0 Å². The van der Waals surface area contributed by atoms with Gasteiger partial charge in [0.15, 0.2) is 12.4 Å². The SMILES string of the molecule is Cc1ccc2[n+](c1)-c1ccccc1-c1ccc(C(C)(C)C)c[n+]1-c1ccc(-c3ccccc3)cc1-2. The summed E-state index contributed by atoms with van der Waals surface area (Å²) in [5.74, 6) is 0. The van der Waals surface area contributed by atoms with Gasteiger partial charge in [-0.3, -0.25) is 0 Å². The van der Waals surface area contributed by atoms with Crippen LogP contribution in [0.25, 0.3) is 45.0 Å². The topological polar surface area (TPSA) is 7.76 Å². The summed E-state index contributed by atoms with van der Waals surface area (Å²) >= 11 is 0. The molecule has 5 aromatic rings. The van der Waals surface area contributed by atoms with Crippen LogP contribution in [-0.4, -0.2) is 0 Å². The number of benzene rings is 3. The molecule has 0 N–H and O–H groups in total. The van der Waals surface area contributed by atoms with Gasteiger partial charge in [-0.25, -0.2) is 0 Å². The van der Waals surface area contributed by atoms with Crippen molar-refractivity contribution in [3.8, 4) is 45.0 Å². The lowest BCUT2D eigenvalue weighted by molar-refractivity contribution is -0.599. The molecule has 0 fully saturated rings. The molecule has 0 atom stereocenters. The normalized spacial score (nSPS) is 12.0. The van der Waals surface area contributed by atoms with E-state index >= 15 is 0 Å². The average molecular weight is 455 g/mol. The zero-order chi connectivity index (χ0) is 24.2. The minimum absolute atomic E-state index is 0.0534. The van der Waals surface area contributed by atoms with E-state index in [1.807, 2.05) is 0 Å². The molecule has 0 saturated carbocycles. The summed E-state index contributed by atoms with van der Waals surface area (Å²) in [5.41, 5.74) is 12.3. The molecule has 0 unspecified atom stereocenters. The molecule has 2 nitrogen and oxygen atoms in total. The smallest absolute Gasteiger partial charge is 0.159 e. The molecule has 3 heterocycles. The van der Waals surface area contributed by atoms with Gasteiger partial charge in [0.05, 0.1) is 0 Å². The van der Waals surface area contributed by atoms with Crippen LogP contribution in [-0.2, 0) is 5.41 Å². The number of fused-ring (bicyclic) bond motifs is 8. The molecule has 0 bridgehead atoms. The number of para-hydroxylation sites is 1. The van der Waals surface area contributed by atoms with E-state index in [0.29, 0.717) is 0 Å². The van der Waals surface area contributed by atoms with Crippen LogP contribution in [0.3, 0.4) is 0 Å². The molecular weight excluding hydrogens is 424 g/mol. The van der Waals surface area contributed by atoms with Gasteiger partial charge >= 0.3 is 0 Å². The number of aryl methyl sites for hydroxylation is 1. The zero-order valence-corrected chi connectivity index (χ0v) is 20.8. The highest BCUT2D eigenvalue weighted by molar-refractivity contribution is 5.77. The van der Waals surface area contributed by atoms with Gasteiger partial charge in [0.2, 0.25) is 22.8 Å². The third-order valence-corrected chi connectivity index (χ3v) is 6.99. The van der Waals surface area contributed by atoms with Gasteiger partial charge in [0.25, 0.3) is 0 Å². The Balaban J connectivity index is 1.74. The van der Waals surface area contributed by atoms with Crippen LogP contribution in [0.4, 0.5) is 0 Å². The molecule has 0 aliphatic carbocycles. The molecule has 0 spiro atoms. The van der Waals surface area contributed by atoms with E-state index in [9.17, 15) is 0 Å². The van der Waals surface area contributed by atoms with Crippen LogP contribution in [0.5, 0.6) is 0 Å². The predicted octanol–water partition coefficient (Wildman–Crippen LogP) is 7.16. The molecule has 2 aromatic heterocycles. The van der Waals surface area contributed by atoms with Crippen molar-refractivity contribution in [1.29, 1.82) is 0 Å². The van der Waals surface area contributed by atoms with E-state index in [2.05, 4.69) is 146 Å². The van der Waals surface area contributed by atoms with Crippen LogP contribution in [0.2, 0.25) is 0 Å². The minimum Gasteiger partial charge on any atom is -0.159 e. The Morgan fingerprint density at radius 2 is 1.20 bits per heavy atom. The third kappa shape index (κ3) is 3.66. The maximum atomic E-state index is 2.40. The van der Waals surface area contributed by atoms with E-state index in [1.54, 1.807) is 0 Å². The summed E-state index contributed by atoms with van der Waals surface area (Å²) in [7, 11) is 0. The Hall–Kier alpha value is -4.04. The molecular formula is C33H30N2+2. The Bertz CT molecular complexity index is 1570. The fourth-order valence-electron chi connectivity index (χ4n) is 5.05. The maximum absolute atomic E-state index is 2.40. The van der Waals surface area contributed by atoms with Crippen molar-refractivity contribution in [1.82, 2.24) is 0 Å². The first kappa shape index (κ1) is 21.5. The fraction of sp³-hybridized carbons (Fsp3) is 0.152. The zero-order valence-electron chi connectivity index (χ0n) is 20.8. The largest absolute Gasteiger partial charge is 0.225 e. The summed E-state index contributed by atoms with van der Waals surface area (Å²) in [5, 5.41) is 0. The minimum atomic E-state index is 0.0534. The van der Waals surface area contributed by atoms with Gasteiger partial charge in [-0.2, -0.15) is 9.13 Å². The third-order valence-electron chi connectivity index (χ3n) is 6.99. The highest BCUT2D eigenvalue weighted by Crippen LogP contribution is 2.34. The van der Waals surface area contributed by atoms with E-state index in [1.165, 1.54) is 56.1 Å². The Morgan fingerprint density at radius 3 is 2.00 bits per heavy atom. The monoisotopic (exact) mass is 454 g/mol. The van der Waals surface area contributed by atoms with E-state index in [4.69, 9.17) is 0 Å². The highest BCUT2D eigenvalue weighted by Gasteiger charge is 2.34. The number of aromatic nitrogens is 2. The van der Waals surface area contributed by atoms with Crippen molar-refractivity contribution in [2.24, 2.45) is 0 Å². The number of pyridine rings is 2. The Labute approximate surface area is 207 Å². The van der Waals surface area contributed by atoms with Crippen molar-refractivity contribution < 1.29 is 9.13 Å². The summed E-state index contributed by atoms with van der Waals surface area (Å²) in [4.78, 5) is 0. The molecule has 2 heteroatoms. The van der Waals surface area contributed by atoms with Crippen LogP contribution in [0.15, 0.2) is 109 Å². The second-order valence-corrected chi connectivity index (χ2v) is 10.5. The van der Waals surface area contributed by atoms with Crippen molar-refractivity contribution in [3.63, 3.8) is 0 Å². The van der Waals surface area contributed by atoms with Gasteiger partial charge in [0.1, 0.15) is 11.1 Å². The lowest BCUT2D eigenvalue weighted by Crippen LogP contribution is -2.42. The van der Waals surface area contributed by atoms with Crippen LogP contribution >= 0.6 is 0 Å². The second kappa shape index (κ2) is 8.02. The molecule has 1 aliphatic heterocycles. The highest BCUT2D eigenvalue weighted by atomic mass is 15.0. The fourth-order valence-corrected chi connectivity index (χ4v) is 5.05. The van der Waals surface area contributed by atoms with Crippen LogP contribution < -0.4 is 9.13 Å². The van der Waals surface area contributed by atoms with Gasteiger partial charge in [-0.05, 0) is 53.8 Å². The van der Waals surface area contributed by atoms with Crippen molar-refractivity contribution in [3.05, 3.63) is 121 Å². The first-order valence-electron chi connectivity index (χ1n) is 12.3. The summed E-state index contributed by atoms with van der Waals surface area (Å²) in [6, 6.07) is 35.3. The molecule has 170 valence electrons. The van der Waals surface area contributed by atoms with Crippen LogP contribution in [0.1, 0.15) is 31.9 Å². The lowest BCUT2D eigenvalue weighted by atomic mass is 9.87.